The van der Waals surface area contributed by atoms with Crippen molar-refractivity contribution >= 4 is 17.2 Å². The van der Waals surface area contributed by atoms with E-state index in [0.717, 1.165) is 79.8 Å². The minimum atomic E-state index is -0.289. The largest absolute Gasteiger partial charge is 0.396 e. The Bertz CT molecular complexity index is 1510. The van der Waals surface area contributed by atoms with Crippen LogP contribution in [-0.4, -0.2) is 61.6 Å². The van der Waals surface area contributed by atoms with E-state index >= 15 is 0 Å². The van der Waals surface area contributed by atoms with E-state index in [-0.39, 0.29) is 29.5 Å². The molecular weight excluding hydrogens is 519 g/mol. The highest BCUT2D eigenvalue weighted by Crippen LogP contribution is 2.36. The smallest absolute Gasteiger partial charge is 0.165 e. The third-order valence-corrected chi connectivity index (χ3v) is 8.37. The minimum Gasteiger partial charge on any atom is -0.396 e. The summed E-state index contributed by atoms with van der Waals surface area (Å²) in [5, 5.41) is 14.5. The van der Waals surface area contributed by atoms with Crippen molar-refractivity contribution in [3.05, 3.63) is 65.9 Å². The number of unbranched alkanes of at least 4 members (excludes halogenated alkanes) is 1. The molecule has 41 heavy (non-hydrogen) atoms. The van der Waals surface area contributed by atoms with Crippen molar-refractivity contribution in [2.24, 2.45) is 5.41 Å². The Hall–Kier alpha value is -3.69. The van der Waals surface area contributed by atoms with Crippen LogP contribution in [0.4, 0.5) is 10.2 Å². The number of hydrogen-bond donors (Lipinski definition) is 2. The van der Waals surface area contributed by atoms with E-state index in [1.807, 2.05) is 12.1 Å². The normalized spacial score (nSPS) is 16.2. The fourth-order valence-corrected chi connectivity index (χ4v) is 5.95. The Morgan fingerprint density at radius 3 is 2.44 bits per heavy atom. The summed E-state index contributed by atoms with van der Waals surface area (Å²) in [5.41, 5.74) is 11.4. The molecule has 0 aliphatic carbocycles. The number of benzene rings is 1. The number of aliphatic hydroxyl groups is 1. The number of nitrogens with two attached hydrogens (primary N) is 1. The zero-order chi connectivity index (χ0) is 29.1. The maximum atomic E-state index is 13.3. The molecule has 216 valence electrons. The quantitative estimate of drug-likeness (QED) is 0.239. The predicted octanol–water partition coefficient (Wildman–Crippen LogP) is 5.75. The van der Waals surface area contributed by atoms with Crippen molar-refractivity contribution in [3.63, 3.8) is 0 Å². The van der Waals surface area contributed by atoms with Crippen LogP contribution in [0.2, 0.25) is 0 Å². The summed E-state index contributed by atoms with van der Waals surface area (Å²) in [5.74, 6) is -0.0174. The van der Waals surface area contributed by atoms with Gasteiger partial charge in [0.15, 0.2) is 11.4 Å². The lowest BCUT2D eigenvalue weighted by Crippen LogP contribution is -2.42. The standard InChI is InChI=1S/C32H39FN6O2/c1-4-5-14-32(3,20-40)19-38-15-12-23(13-16-38)29-28(21(2)41)30(34)39-31(37-29)26(18-36-39)24-8-11-27(35-17-24)22-6-9-25(33)10-7-22/h6-11,17-18,23,40H,4-5,12-16,19-20,34H2,1-3H3. The summed E-state index contributed by atoms with van der Waals surface area (Å²) in [6.45, 7) is 8.66. The maximum absolute atomic E-state index is 13.3. The number of likely N-dealkylation sites (tertiary alicyclic amines) is 1. The molecule has 3 aromatic heterocycles. The van der Waals surface area contributed by atoms with E-state index in [1.165, 1.54) is 19.1 Å². The van der Waals surface area contributed by atoms with Gasteiger partial charge in [-0.25, -0.2) is 9.37 Å². The minimum absolute atomic E-state index is 0.0928. The second-order valence-electron chi connectivity index (χ2n) is 11.7. The van der Waals surface area contributed by atoms with Gasteiger partial charge in [0, 0.05) is 47.4 Å². The predicted molar refractivity (Wildman–Crippen MR) is 159 cm³/mol. The van der Waals surface area contributed by atoms with Crippen molar-refractivity contribution in [1.82, 2.24) is 24.5 Å². The number of pyridine rings is 1. The molecule has 1 fully saturated rings. The topological polar surface area (TPSA) is 110 Å². The Morgan fingerprint density at radius 1 is 1.12 bits per heavy atom. The second-order valence-corrected chi connectivity index (χ2v) is 11.7. The average molecular weight is 559 g/mol. The number of nitrogen functional groups attached to an aromatic ring is 1. The van der Waals surface area contributed by atoms with Crippen LogP contribution in [0.1, 0.15) is 74.8 Å². The van der Waals surface area contributed by atoms with Crippen LogP contribution in [0.3, 0.4) is 0 Å². The molecule has 3 N–H and O–H groups in total. The monoisotopic (exact) mass is 558 g/mol. The molecule has 0 amide bonds. The summed E-state index contributed by atoms with van der Waals surface area (Å²) in [4.78, 5) is 24.9. The van der Waals surface area contributed by atoms with Crippen molar-refractivity contribution < 1.29 is 14.3 Å². The van der Waals surface area contributed by atoms with Crippen LogP contribution < -0.4 is 5.73 Å². The first-order chi connectivity index (χ1) is 19.7. The molecule has 0 bridgehead atoms. The molecule has 4 heterocycles. The molecule has 1 saturated heterocycles. The number of rotatable bonds is 10. The van der Waals surface area contributed by atoms with Crippen molar-refractivity contribution in [2.45, 2.75) is 58.8 Å². The molecule has 8 nitrogen and oxygen atoms in total. The Morgan fingerprint density at radius 2 is 1.83 bits per heavy atom. The fraction of sp³-hybridized carbons (Fsp3) is 0.438. The summed E-state index contributed by atoms with van der Waals surface area (Å²) in [6.07, 6.45) is 8.40. The highest BCUT2D eigenvalue weighted by atomic mass is 19.1. The first-order valence-corrected chi connectivity index (χ1v) is 14.5. The number of anilines is 1. The van der Waals surface area contributed by atoms with Crippen molar-refractivity contribution in [1.29, 1.82) is 0 Å². The van der Waals surface area contributed by atoms with E-state index in [9.17, 15) is 14.3 Å². The zero-order valence-corrected chi connectivity index (χ0v) is 24.1. The Balaban J connectivity index is 1.42. The Labute approximate surface area is 240 Å². The number of aromatic nitrogens is 4. The molecule has 9 heteroatoms. The van der Waals surface area contributed by atoms with Gasteiger partial charge in [0.05, 0.1) is 23.1 Å². The summed E-state index contributed by atoms with van der Waals surface area (Å²) in [6, 6.07) is 10.1. The molecule has 4 aromatic rings. The lowest BCUT2D eigenvalue weighted by molar-refractivity contribution is 0.0667. The molecule has 0 spiro atoms. The maximum Gasteiger partial charge on any atom is 0.165 e. The van der Waals surface area contributed by atoms with Gasteiger partial charge in [-0.15, -0.1) is 0 Å². The summed E-state index contributed by atoms with van der Waals surface area (Å²) in [7, 11) is 0. The number of carbonyl (C=O) groups excluding carboxylic acids is 1. The van der Waals surface area contributed by atoms with Crippen molar-refractivity contribution in [2.75, 3.05) is 32.0 Å². The lowest BCUT2D eigenvalue weighted by atomic mass is 9.83. The van der Waals surface area contributed by atoms with Gasteiger partial charge in [-0.2, -0.15) is 9.61 Å². The van der Waals surface area contributed by atoms with Gasteiger partial charge < -0.3 is 15.7 Å². The van der Waals surface area contributed by atoms with Gasteiger partial charge in [0.25, 0.3) is 0 Å². The second kappa shape index (κ2) is 12.0. The number of halogens is 1. The Kier molecular flexibility index (Phi) is 8.47. The number of ketones is 1. The number of aliphatic hydroxyl groups excluding tert-OH is 1. The number of hydrogen-bond acceptors (Lipinski definition) is 7. The van der Waals surface area contributed by atoms with Crippen LogP contribution in [0.15, 0.2) is 48.8 Å². The van der Waals surface area contributed by atoms with Gasteiger partial charge >= 0.3 is 0 Å². The van der Waals surface area contributed by atoms with Crippen LogP contribution in [0.25, 0.3) is 28.0 Å². The summed E-state index contributed by atoms with van der Waals surface area (Å²) >= 11 is 0. The molecule has 0 radical (unpaired) electrons. The summed E-state index contributed by atoms with van der Waals surface area (Å²) < 4.78 is 14.9. The number of fused-ring (bicyclic) bond motifs is 1. The van der Waals surface area contributed by atoms with E-state index in [0.29, 0.717) is 17.0 Å². The van der Waals surface area contributed by atoms with Gasteiger partial charge in [-0.05, 0) is 69.6 Å². The molecule has 1 aliphatic heterocycles. The molecule has 5 rings (SSSR count). The van der Waals surface area contributed by atoms with Crippen molar-refractivity contribution in [3.8, 4) is 22.4 Å². The molecule has 1 aliphatic rings. The molecular formula is C32H39FN6O2. The number of Topliss-reactive ketones (excluding diaryl/α,β-unsaturated/α-hetero) is 1. The highest BCUT2D eigenvalue weighted by Gasteiger charge is 2.32. The molecule has 1 unspecified atom stereocenters. The van der Waals surface area contributed by atoms with E-state index < -0.39 is 0 Å². The number of piperidine rings is 1. The van der Waals surface area contributed by atoms with E-state index in [4.69, 9.17) is 10.7 Å². The zero-order valence-electron chi connectivity index (χ0n) is 24.1. The van der Waals surface area contributed by atoms with Crippen LogP contribution in [0, 0.1) is 11.2 Å². The molecule has 1 atom stereocenters. The number of nitrogens with zero attached hydrogens (tertiary/aromatic N) is 5. The molecule has 0 saturated carbocycles. The van der Waals surface area contributed by atoms with Crippen LogP contribution >= 0.6 is 0 Å². The third-order valence-electron chi connectivity index (χ3n) is 8.37. The van der Waals surface area contributed by atoms with E-state index in [2.05, 4.69) is 28.8 Å². The first-order valence-electron chi connectivity index (χ1n) is 14.5. The van der Waals surface area contributed by atoms with Gasteiger partial charge in [-0.3, -0.25) is 9.78 Å². The fourth-order valence-electron chi connectivity index (χ4n) is 5.95. The van der Waals surface area contributed by atoms with Crippen LogP contribution in [0.5, 0.6) is 0 Å². The highest BCUT2D eigenvalue weighted by molar-refractivity contribution is 6.00. The van der Waals surface area contributed by atoms with E-state index in [1.54, 1.807) is 29.0 Å². The molecule has 1 aromatic carbocycles. The van der Waals surface area contributed by atoms with Gasteiger partial charge in [0.2, 0.25) is 0 Å². The average Bonchev–Trinajstić information content (AvgIpc) is 3.41. The third kappa shape index (κ3) is 6.01. The first kappa shape index (κ1) is 28.8. The SMILES string of the molecule is CCCCC(C)(CO)CN1CCC(c2nc3c(-c4ccc(-c5ccc(F)cc5)nc4)cnn3c(N)c2C(C)=O)CC1. The lowest BCUT2D eigenvalue weighted by Gasteiger charge is -2.38. The van der Waals surface area contributed by atoms with Crippen LogP contribution in [-0.2, 0) is 0 Å². The van der Waals surface area contributed by atoms with Gasteiger partial charge in [0.1, 0.15) is 11.6 Å². The van der Waals surface area contributed by atoms with Gasteiger partial charge in [-0.1, -0.05) is 32.8 Å². The number of carbonyl (C=O) groups is 1.